The number of hydrogen-bond acceptors (Lipinski definition) is 2. The Bertz CT molecular complexity index is 543. The van der Waals surface area contributed by atoms with E-state index >= 15 is 0 Å². The molecule has 0 unspecified atom stereocenters. The summed E-state index contributed by atoms with van der Waals surface area (Å²) in [6, 6.07) is 13.6. The predicted octanol–water partition coefficient (Wildman–Crippen LogP) is 4.49. The lowest BCUT2D eigenvalue weighted by molar-refractivity contribution is -0.122. The number of halogens is 1. The molecule has 94 valence electrons. The van der Waals surface area contributed by atoms with E-state index in [4.69, 9.17) is 11.6 Å². The van der Waals surface area contributed by atoms with Crippen LogP contribution in [0.4, 0.5) is 0 Å². The molecule has 18 heavy (non-hydrogen) atoms. The van der Waals surface area contributed by atoms with E-state index in [1.165, 1.54) is 11.3 Å². The van der Waals surface area contributed by atoms with Gasteiger partial charge in [-0.1, -0.05) is 41.9 Å². The summed E-state index contributed by atoms with van der Waals surface area (Å²) in [6.07, 6.45) is 0.444. The van der Waals surface area contributed by atoms with Crippen molar-refractivity contribution in [2.24, 2.45) is 0 Å². The SMILES string of the molecule is CC(C)(C(=O)Cc1ccc(Cl)s1)c1ccccc1. The van der Waals surface area contributed by atoms with E-state index in [1.807, 2.05) is 56.3 Å². The van der Waals surface area contributed by atoms with E-state index < -0.39 is 5.41 Å². The molecule has 1 nitrogen and oxygen atoms in total. The minimum atomic E-state index is -0.461. The van der Waals surface area contributed by atoms with E-state index in [9.17, 15) is 4.79 Å². The topological polar surface area (TPSA) is 17.1 Å². The van der Waals surface area contributed by atoms with Gasteiger partial charge in [0.05, 0.1) is 4.34 Å². The highest BCUT2D eigenvalue weighted by Crippen LogP contribution is 2.28. The highest BCUT2D eigenvalue weighted by atomic mass is 35.5. The molecule has 2 rings (SSSR count). The average Bonchev–Trinajstić information content (AvgIpc) is 2.76. The summed E-state index contributed by atoms with van der Waals surface area (Å²) in [4.78, 5) is 13.4. The second-order valence-electron chi connectivity index (χ2n) is 4.80. The van der Waals surface area contributed by atoms with Crippen molar-refractivity contribution in [3.8, 4) is 0 Å². The first-order valence-electron chi connectivity index (χ1n) is 5.83. The predicted molar refractivity (Wildman–Crippen MR) is 77.5 cm³/mol. The Labute approximate surface area is 116 Å². The number of ketones is 1. The zero-order valence-electron chi connectivity index (χ0n) is 10.4. The Balaban J connectivity index is 2.18. The average molecular weight is 279 g/mol. The zero-order chi connectivity index (χ0) is 13.2. The maximum atomic E-state index is 12.4. The van der Waals surface area contributed by atoms with Gasteiger partial charge in [0.1, 0.15) is 5.78 Å². The fraction of sp³-hybridized carbons (Fsp3) is 0.267. The molecule has 2 aromatic rings. The number of thiophene rings is 1. The number of carbonyl (C=O) groups is 1. The lowest BCUT2D eigenvalue weighted by atomic mass is 9.79. The van der Waals surface area contributed by atoms with Crippen LogP contribution < -0.4 is 0 Å². The highest BCUT2D eigenvalue weighted by molar-refractivity contribution is 7.16. The van der Waals surface area contributed by atoms with Crippen LogP contribution in [0.3, 0.4) is 0 Å². The molecular formula is C15H15ClOS. The van der Waals surface area contributed by atoms with Crippen LogP contribution in [0.1, 0.15) is 24.3 Å². The van der Waals surface area contributed by atoms with Crippen molar-refractivity contribution in [3.63, 3.8) is 0 Å². The summed E-state index contributed by atoms with van der Waals surface area (Å²) < 4.78 is 0.732. The van der Waals surface area contributed by atoms with Gasteiger partial charge in [0.2, 0.25) is 0 Å². The second kappa shape index (κ2) is 5.25. The maximum absolute atomic E-state index is 12.4. The lowest BCUT2D eigenvalue weighted by Gasteiger charge is -2.23. The van der Waals surface area contributed by atoms with Crippen molar-refractivity contribution in [1.82, 2.24) is 0 Å². The molecule has 0 aliphatic heterocycles. The molecule has 0 N–H and O–H groups in total. The van der Waals surface area contributed by atoms with Crippen LogP contribution in [-0.2, 0) is 16.6 Å². The quantitative estimate of drug-likeness (QED) is 0.805. The Kier molecular flexibility index (Phi) is 3.88. The third kappa shape index (κ3) is 2.82. The van der Waals surface area contributed by atoms with E-state index in [-0.39, 0.29) is 5.78 Å². The smallest absolute Gasteiger partial charge is 0.148 e. The largest absolute Gasteiger partial charge is 0.298 e. The van der Waals surface area contributed by atoms with Crippen LogP contribution in [-0.4, -0.2) is 5.78 Å². The summed E-state index contributed by atoms with van der Waals surface area (Å²) in [7, 11) is 0. The van der Waals surface area contributed by atoms with Gasteiger partial charge in [-0.05, 0) is 31.5 Å². The lowest BCUT2D eigenvalue weighted by Crippen LogP contribution is -2.30. The first-order valence-corrected chi connectivity index (χ1v) is 7.02. The molecule has 0 aliphatic carbocycles. The number of rotatable bonds is 4. The van der Waals surface area contributed by atoms with Gasteiger partial charge >= 0.3 is 0 Å². The maximum Gasteiger partial charge on any atom is 0.148 e. The molecule has 0 saturated heterocycles. The monoisotopic (exact) mass is 278 g/mol. The fourth-order valence-electron chi connectivity index (χ4n) is 1.84. The van der Waals surface area contributed by atoms with Gasteiger partial charge in [-0.3, -0.25) is 4.79 Å². The van der Waals surface area contributed by atoms with Gasteiger partial charge in [-0.15, -0.1) is 11.3 Å². The van der Waals surface area contributed by atoms with Gasteiger partial charge in [-0.25, -0.2) is 0 Å². The number of carbonyl (C=O) groups excluding carboxylic acids is 1. The van der Waals surface area contributed by atoms with Crippen LogP contribution >= 0.6 is 22.9 Å². The van der Waals surface area contributed by atoms with Crippen LogP contribution in [0.2, 0.25) is 4.34 Å². The molecule has 0 fully saturated rings. The zero-order valence-corrected chi connectivity index (χ0v) is 12.0. The summed E-state index contributed by atoms with van der Waals surface area (Å²) in [5.74, 6) is 0.215. The van der Waals surface area contributed by atoms with Crippen LogP contribution in [0.5, 0.6) is 0 Å². The van der Waals surface area contributed by atoms with Gasteiger partial charge in [0.15, 0.2) is 0 Å². The van der Waals surface area contributed by atoms with Crippen LogP contribution in [0, 0.1) is 0 Å². The summed E-state index contributed by atoms with van der Waals surface area (Å²) in [6.45, 7) is 3.94. The van der Waals surface area contributed by atoms with Crippen LogP contribution in [0.15, 0.2) is 42.5 Å². The van der Waals surface area contributed by atoms with E-state index in [0.29, 0.717) is 6.42 Å². The van der Waals surface area contributed by atoms with E-state index in [1.54, 1.807) is 0 Å². The Morgan fingerprint density at radius 2 is 1.83 bits per heavy atom. The molecule has 3 heteroatoms. The van der Waals surface area contributed by atoms with Crippen molar-refractivity contribution >= 4 is 28.7 Å². The number of hydrogen-bond donors (Lipinski definition) is 0. The molecule has 1 aromatic carbocycles. The van der Waals surface area contributed by atoms with Crippen molar-refractivity contribution < 1.29 is 4.79 Å². The van der Waals surface area contributed by atoms with Crippen molar-refractivity contribution in [2.45, 2.75) is 25.7 Å². The molecule has 0 aliphatic rings. The molecule has 1 aromatic heterocycles. The molecular weight excluding hydrogens is 264 g/mol. The van der Waals surface area contributed by atoms with Crippen molar-refractivity contribution in [2.75, 3.05) is 0 Å². The van der Waals surface area contributed by atoms with E-state index in [2.05, 4.69) is 0 Å². The molecule has 0 bridgehead atoms. The number of Topliss-reactive ketones (excluding diaryl/α,β-unsaturated/α-hetero) is 1. The first kappa shape index (κ1) is 13.3. The van der Waals surface area contributed by atoms with E-state index in [0.717, 1.165) is 14.8 Å². The van der Waals surface area contributed by atoms with Gasteiger partial charge in [0.25, 0.3) is 0 Å². The highest BCUT2D eigenvalue weighted by Gasteiger charge is 2.29. The fourth-order valence-corrected chi connectivity index (χ4v) is 2.93. The molecule has 0 spiro atoms. The first-order chi connectivity index (χ1) is 8.50. The summed E-state index contributed by atoms with van der Waals surface area (Å²) >= 11 is 7.35. The Hall–Kier alpha value is -1.12. The Morgan fingerprint density at radius 3 is 2.39 bits per heavy atom. The summed E-state index contributed by atoms with van der Waals surface area (Å²) in [5, 5.41) is 0. The Morgan fingerprint density at radius 1 is 1.17 bits per heavy atom. The molecule has 1 heterocycles. The number of benzene rings is 1. The van der Waals surface area contributed by atoms with Gasteiger partial charge in [-0.2, -0.15) is 0 Å². The third-order valence-corrected chi connectivity index (χ3v) is 4.39. The molecule has 0 atom stereocenters. The van der Waals surface area contributed by atoms with Gasteiger partial charge in [0, 0.05) is 16.7 Å². The molecule has 0 radical (unpaired) electrons. The van der Waals surface area contributed by atoms with Gasteiger partial charge < -0.3 is 0 Å². The molecule has 0 amide bonds. The second-order valence-corrected chi connectivity index (χ2v) is 6.60. The minimum Gasteiger partial charge on any atom is -0.298 e. The minimum absolute atomic E-state index is 0.215. The normalized spacial score (nSPS) is 11.5. The van der Waals surface area contributed by atoms with Crippen LogP contribution in [0.25, 0.3) is 0 Å². The van der Waals surface area contributed by atoms with Crippen molar-refractivity contribution in [3.05, 3.63) is 57.2 Å². The summed E-state index contributed by atoms with van der Waals surface area (Å²) in [5.41, 5.74) is 0.593. The molecule has 0 saturated carbocycles. The third-order valence-electron chi connectivity index (χ3n) is 3.16. The standard InChI is InChI=1S/C15H15ClOS/c1-15(2,11-6-4-3-5-7-11)13(17)10-12-8-9-14(16)18-12/h3-9H,10H2,1-2H3. The van der Waals surface area contributed by atoms with Crippen molar-refractivity contribution in [1.29, 1.82) is 0 Å².